The van der Waals surface area contributed by atoms with Gasteiger partial charge >= 0.3 is 5.97 Å². The van der Waals surface area contributed by atoms with Crippen LogP contribution in [0.5, 0.6) is 0 Å². The highest BCUT2D eigenvalue weighted by molar-refractivity contribution is 6.30. The van der Waals surface area contributed by atoms with Gasteiger partial charge in [0.05, 0.1) is 12.7 Å². The Balaban J connectivity index is 2.71. The summed E-state index contributed by atoms with van der Waals surface area (Å²) in [6, 6.07) is 6.43. The van der Waals surface area contributed by atoms with E-state index in [-0.39, 0.29) is 17.2 Å². The van der Waals surface area contributed by atoms with Gasteiger partial charge in [-0.05, 0) is 17.7 Å². The highest BCUT2D eigenvalue weighted by Crippen LogP contribution is 2.21. The lowest BCUT2D eigenvalue weighted by Crippen LogP contribution is -2.20. The maximum absolute atomic E-state index is 12.0. The van der Waals surface area contributed by atoms with Crippen LogP contribution in [-0.2, 0) is 4.74 Å². The normalized spacial score (nSPS) is 10.2. The number of anilines is 1. The van der Waals surface area contributed by atoms with Gasteiger partial charge in [-0.3, -0.25) is 9.78 Å². The van der Waals surface area contributed by atoms with Gasteiger partial charge in [0.15, 0.2) is 5.69 Å². The second kappa shape index (κ2) is 5.11. The van der Waals surface area contributed by atoms with Gasteiger partial charge in [-0.25, -0.2) is 9.78 Å². The van der Waals surface area contributed by atoms with E-state index >= 15 is 0 Å². The Morgan fingerprint density at radius 2 is 2.00 bits per heavy atom. The molecule has 7 heteroatoms. The predicted octanol–water partition coefficient (Wildman–Crippen LogP) is 1.46. The second-order valence-corrected chi connectivity index (χ2v) is 4.11. The molecule has 0 bridgehead atoms. The van der Waals surface area contributed by atoms with E-state index in [0.29, 0.717) is 10.6 Å². The molecule has 0 aliphatic heterocycles. The topological polar surface area (TPSA) is 98.1 Å². The summed E-state index contributed by atoms with van der Waals surface area (Å²) in [5.74, 6) is -0.883. The van der Waals surface area contributed by atoms with E-state index in [0.717, 1.165) is 0 Å². The number of hydrogen-bond acceptors (Lipinski definition) is 5. The quantitative estimate of drug-likeness (QED) is 0.811. The fraction of sp³-hybridized carbons (Fsp3) is 0.0833. The number of rotatable bonds is 2. The molecule has 2 aromatic rings. The first kappa shape index (κ1) is 13.1. The van der Waals surface area contributed by atoms with Crippen molar-refractivity contribution in [1.29, 1.82) is 0 Å². The summed E-state index contributed by atoms with van der Waals surface area (Å²) in [5, 5.41) is 0.517. The zero-order valence-corrected chi connectivity index (χ0v) is 10.7. The van der Waals surface area contributed by atoms with Gasteiger partial charge in [-0.1, -0.05) is 23.7 Å². The van der Waals surface area contributed by atoms with Gasteiger partial charge in [-0.15, -0.1) is 0 Å². The highest BCUT2D eigenvalue weighted by Gasteiger charge is 2.19. The number of aromatic amines is 1. The SMILES string of the molecule is COC(=O)c1nc(N)[nH]c(=O)c1-c1ccc(Cl)cc1. The molecule has 1 heterocycles. The largest absolute Gasteiger partial charge is 0.464 e. The number of halogens is 1. The number of aromatic nitrogens is 2. The molecule has 0 fully saturated rings. The zero-order valence-electron chi connectivity index (χ0n) is 9.94. The van der Waals surface area contributed by atoms with Crippen LogP contribution in [0.2, 0.25) is 5.02 Å². The first-order valence-electron chi connectivity index (χ1n) is 5.27. The maximum atomic E-state index is 12.0. The summed E-state index contributed by atoms with van der Waals surface area (Å²) >= 11 is 5.78. The Bertz CT molecular complexity index is 680. The first-order chi connectivity index (χ1) is 9.02. The van der Waals surface area contributed by atoms with Crippen LogP contribution in [-0.4, -0.2) is 23.0 Å². The van der Waals surface area contributed by atoms with Crippen molar-refractivity contribution in [2.24, 2.45) is 0 Å². The summed E-state index contributed by atoms with van der Waals surface area (Å²) in [5.41, 5.74) is 5.37. The number of nitrogens with two attached hydrogens (primary N) is 1. The molecule has 2 rings (SSSR count). The van der Waals surface area contributed by atoms with E-state index in [4.69, 9.17) is 17.3 Å². The summed E-state index contributed by atoms with van der Waals surface area (Å²) < 4.78 is 4.60. The number of nitrogen functional groups attached to an aromatic ring is 1. The van der Waals surface area contributed by atoms with Crippen molar-refractivity contribution in [3.05, 3.63) is 45.3 Å². The smallest absolute Gasteiger partial charge is 0.357 e. The molecule has 1 aromatic carbocycles. The van der Waals surface area contributed by atoms with Gasteiger partial charge in [0, 0.05) is 5.02 Å². The summed E-state index contributed by atoms with van der Waals surface area (Å²) in [6.07, 6.45) is 0. The molecule has 0 aliphatic carbocycles. The fourth-order valence-corrected chi connectivity index (χ4v) is 1.75. The average molecular weight is 280 g/mol. The number of methoxy groups -OCH3 is 1. The molecule has 0 unspecified atom stereocenters. The summed E-state index contributed by atoms with van der Waals surface area (Å²) in [4.78, 5) is 29.8. The molecule has 0 amide bonds. The first-order valence-corrected chi connectivity index (χ1v) is 5.64. The number of carbonyl (C=O) groups excluding carboxylic acids is 1. The Morgan fingerprint density at radius 1 is 1.37 bits per heavy atom. The summed E-state index contributed by atoms with van der Waals surface area (Å²) in [6.45, 7) is 0. The van der Waals surface area contributed by atoms with Crippen LogP contribution in [0.25, 0.3) is 11.1 Å². The molecule has 0 saturated heterocycles. The Morgan fingerprint density at radius 3 is 2.58 bits per heavy atom. The number of esters is 1. The van der Waals surface area contributed by atoms with Crippen molar-refractivity contribution in [2.45, 2.75) is 0 Å². The van der Waals surface area contributed by atoms with E-state index in [1.807, 2.05) is 0 Å². The van der Waals surface area contributed by atoms with Crippen molar-refractivity contribution < 1.29 is 9.53 Å². The monoisotopic (exact) mass is 279 g/mol. The van der Waals surface area contributed by atoms with Gasteiger partial charge in [0.25, 0.3) is 5.56 Å². The molecule has 0 spiro atoms. The van der Waals surface area contributed by atoms with Crippen LogP contribution < -0.4 is 11.3 Å². The minimum Gasteiger partial charge on any atom is -0.464 e. The fourth-order valence-electron chi connectivity index (χ4n) is 1.62. The van der Waals surface area contributed by atoms with E-state index < -0.39 is 11.5 Å². The van der Waals surface area contributed by atoms with Crippen molar-refractivity contribution in [3.63, 3.8) is 0 Å². The number of benzene rings is 1. The third kappa shape index (κ3) is 2.58. The van der Waals surface area contributed by atoms with Gasteiger partial charge in [-0.2, -0.15) is 0 Å². The number of ether oxygens (including phenoxy) is 1. The third-order valence-electron chi connectivity index (χ3n) is 2.45. The second-order valence-electron chi connectivity index (χ2n) is 3.67. The van der Waals surface area contributed by atoms with Gasteiger partial charge in [0.2, 0.25) is 5.95 Å². The number of H-pyrrole nitrogens is 1. The van der Waals surface area contributed by atoms with E-state index in [2.05, 4.69) is 14.7 Å². The van der Waals surface area contributed by atoms with Crippen molar-refractivity contribution in [3.8, 4) is 11.1 Å². The van der Waals surface area contributed by atoms with Crippen molar-refractivity contribution in [1.82, 2.24) is 9.97 Å². The minimum atomic E-state index is -0.734. The average Bonchev–Trinajstić information content (AvgIpc) is 2.38. The lowest BCUT2D eigenvalue weighted by Gasteiger charge is -2.07. The molecule has 0 saturated carbocycles. The molecule has 19 heavy (non-hydrogen) atoms. The third-order valence-corrected chi connectivity index (χ3v) is 2.70. The molecule has 98 valence electrons. The van der Waals surface area contributed by atoms with E-state index in [9.17, 15) is 9.59 Å². The van der Waals surface area contributed by atoms with Gasteiger partial charge < -0.3 is 10.5 Å². The standard InChI is InChI=1S/C12H10ClN3O3/c1-19-11(18)9-8(10(17)16-12(14)15-9)6-2-4-7(13)5-3-6/h2-5H,1H3,(H3,14,15,16,17). The Hall–Kier alpha value is -2.34. The number of nitrogens with one attached hydrogen (secondary N) is 1. The molecular formula is C12H10ClN3O3. The predicted molar refractivity (Wildman–Crippen MR) is 71.1 cm³/mol. The summed E-state index contributed by atoms with van der Waals surface area (Å²) in [7, 11) is 1.20. The highest BCUT2D eigenvalue weighted by atomic mass is 35.5. The van der Waals surface area contributed by atoms with Crippen LogP contribution in [0.15, 0.2) is 29.1 Å². The van der Waals surface area contributed by atoms with Crippen LogP contribution in [0, 0.1) is 0 Å². The molecule has 1 aromatic heterocycles. The Labute approximate surface area is 113 Å². The van der Waals surface area contributed by atoms with Crippen molar-refractivity contribution >= 4 is 23.5 Å². The molecule has 0 aliphatic rings. The Kier molecular flexibility index (Phi) is 3.52. The number of carbonyl (C=O) groups is 1. The molecule has 3 N–H and O–H groups in total. The van der Waals surface area contributed by atoms with Gasteiger partial charge in [0.1, 0.15) is 0 Å². The lowest BCUT2D eigenvalue weighted by atomic mass is 10.1. The van der Waals surface area contributed by atoms with Crippen LogP contribution in [0.4, 0.5) is 5.95 Å². The van der Waals surface area contributed by atoms with E-state index in [1.165, 1.54) is 7.11 Å². The van der Waals surface area contributed by atoms with Crippen LogP contribution in [0.1, 0.15) is 10.5 Å². The molecule has 0 radical (unpaired) electrons. The lowest BCUT2D eigenvalue weighted by molar-refractivity contribution is 0.0595. The van der Waals surface area contributed by atoms with E-state index in [1.54, 1.807) is 24.3 Å². The van der Waals surface area contributed by atoms with Crippen molar-refractivity contribution in [2.75, 3.05) is 12.8 Å². The maximum Gasteiger partial charge on any atom is 0.357 e. The molecule has 0 atom stereocenters. The number of nitrogens with zero attached hydrogens (tertiary/aromatic N) is 1. The molecular weight excluding hydrogens is 270 g/mol. The van der Waals surface area contributed by atoms with Crippen LogP contribution in [0.3, 0.4) is 0 Å². The molecule has 6 nitrogen and oxygen atoms in total. The van der Waals surface area contributed by atoms with Crippen LogP contribution >= 0.6 is 11.6 Å². The number of hydrogen-bond donors (Lipinski definition) is 2. The zero-order chi connectivity index (χ0) is 14.0. The minimum absolute atomic E-state index is 0.0951.